The van der Waals surface area contributed by atoms with Gasteiger partial charge < -0.3 is 0 Å². The summed E-state index contributed by atoms with van der Waals surface area (Å²) in [5, 5.41) is 13.5. The highest BCUT2D eigenvalue weighted by Gasteiger charge is 2.24. The maximum Gasteiger partial charge on any atom is 0.147 e. The summed E-state index contributed by atoms with van der Waals surface area (Å²) in [4.78, 5) is 6.66. The van der Waals surface area contributed by atoms with Gasteiger partial charge in [0.05, 0.1) is 18.2 Å². The van der Waals surface area contributed by atoms with E-state index in [1.54, 1.807) is 6.07 Å². The van der Waals surface area contributed by atoms with E-state index >= 15 is 0 Å². The Morgan fingerprint density at radius 1 is 1.33 bits per heavy atom. The number of benzene rings is 1. The summed E-state index contributed by atoms with van der Waals surface area (Å²) in [6.45, 7) is 6.09. The Morgan fingerprint density at radius 3 is 2.88 bits per heavy atom. The van der Waals surface area contributed by atoms with Crippen LogP contribution in [-0.2, 0) is 13.1 Å². The molecule has 0 aliphatic carbocycles. The van der Waals surface area contributed by atoms with E-state index in [4.69, 9.17) is 5.26 Å². The van der Waals surface area contributed by atoms with E-state index in [1.807, 2.05) is 18.5 Å². The second-order valence-electron chi connectivity index (χ2n) is 6.43. The largest absolute Gasteiger partial charge is 0.294 e. The van der Waals surface area contributed by atoms with Crippen molar-refractivity contribution in [3.05, 3.63) is 46.8 Å². The highest BCUT2D eigenvalue weighted by Crippen LogP contribution is 2.23. The Hall–Kier alpha value is -2.26. The van der Waals surface area contributed by atoms with Crippen molar-refractivity contribution in [2.45, 2.75) is 52.2 Å². The van der Waals surface area contributed by atoms with Crippen LogP contribution in [0.1, 0.15) is 42.0 Å². The Kier molecular flexibility index (Phi) is 4.91. The molecular weight excluding hydrogens is 305 g/mol. The van der Waals surface area contributed by atoms with Crippen molar-refractivity contribution in [2.24, 2.45) is 0 Å². The third kappa shape index (κ3) is 3.62. The van der Waals surface area contributed by atoms with Crippen molar-refractivity contribution in [1.82, 2.24) is 19.7 Å². The maximum absolute atomic E-state index is 14.1. The number of aryl methyl sites for hydroxylation is 2. The van der Waals surface area contributed by atoms with Crippen LogP contribution < -0.4 is 0 Å². The number of hydrogen-bond acceptors (Lipinski definition) is 4. The lowest BCUT2D eigenvalue weighted by Crippen LogP contribution is -2.42. The van der Waals surface area contributed by atoms with Gasteiger partial charge in [0.2, 0.25) is 0 Å². The quantitative estimate of drug-likeness (QED) is 0.866. The summed E-state index contributed by atoms with van der Waals surface area (Å²) in [7, 11) is 0. The highest BCUT2D eigenvalue weighted by molar-refractivity contribution is 5.33. The van der Waals surface area contributed by atoms with Gasteiger partial charge in [0.1, 0.15) is 17.5 Å². The van der Waals surface area contributed by atoms with E-state index in [0.29, 0.717) is 23.7 Å². The molecule has 3 rings (SSSR count). The summed E-state index contributed by atoms with van der Waals surface area (Å²) in [5.74, 6) is 1.45. The lowest BCUT2D eigenvalue weighted by atomic mass is 10.0. The fraction of sp³-hybridized carbons (Fsp3) is 0.500. The second kappa shape index (κ2) is 7.10. The number of piperidine rings is 1. The molecule has 0 bridgehead atoms. The molecule has 1 atom stereocenters. The van der Waals surface area contributed by atoms with Gasteiger partial charge in [0.15, 0.2) is 0 Å². The molecule has 24 heavy (non-hydrogen) atoms. The Balaban J connectivity index is 1.77. The highest BCUT2D eigenvalue weighted by atomic mass is 19.1. The molecule has 1 saturated heterocycles. The van der Waals surface area contributed by atoms with Crippen molar-refractivity contribution in [1.29, 1.82) is 5.26 Å². The first kappa shape index (κ1) is 16.6. The summed E-state index contributed by atoms with van der Waals surface area (Å²) in [6.07, 6.45) is 3.36. The summed E-state index contributed by atoms with van der Waals surface area (Å²) < 4.78 is 16.1. The zero-order valence-electron chi connectivity index (χ0n) is 14.2. The predicted octanol–water partition coefficient (Wildman–Crippen LogP) is 2.96. The fourth-order valence-electron chi connectivity index (χ4n) is 3.39. The number of halogens is 1. The number of nitrogens with zero attached hydrogens (tertiary/aromatic N) is 5. The van der Waals surface area contributed by atoms with Crippen molar-refractivity contribution in [3.8, 4) is 6.07 Å². The van der Waals surface area contributed by atoms with Crippen LogP contribution in [0.5, 0.6) is 0 Å². The monoisotopic (exact) mass is 327 g/mol. The van der Waals surface area contributed by atoms with Gasteiger partial charge in [-0.1, -0.05) is 6.42 Å². The van der Waals surface area contributed by atoms with Gasteiger partial charge in [-0.25, -0.2) is 14.1 Å². The number of likely N-dealkylation sites (tertiary alicyclic amines) is 1. The van der Waals surface area contributed by atoms with Crippen molar-refractivity contribution >= 4 is 0 Å². The van der Waals surface area contributed by atoms with Crippen molar-refractivity contribution in [2.75, 3.05) is 6.54 Å². The Bertz CT molecular complexity index is 761. The maximum atomic E-state index is 14.1. The van der Waals surface area contributed by atoms with Gasteiger partial charge in [0, 0.05) is 18.2 Å². The van der Waals surface area contributed by atoms with Crippen LogP contribution in [0.4, 0.5) is 4.39 Å². The zero-order chi connectivity index (χ0) is 17.1. The standard InChI is InChI=1S/C18H22FN5/c1-13-21-14(2)24(22-13)12-17-5-3-4-8-23(17)11-16-9-15(10-20)6-7-18(16)19/h6-7,9,17H,3-5,8,11-12H2,1-2H3/t17-/m0/s1. The minimum absolute atomic E-state index is 0.244. The van der Waals surface area contributed by atoms with Gasteiger partial charge in [-0.15, -0.1) is 0 Å². The summed E-state index contributed by atoms with van der Waals surface area (Å²) in [5.41, 5.74) is 1.09. The number of nitriles is 1. The molecule has 1 aromatic carbocycles. The van der Waals surface area contributed by atoms with Gasteiger partial charge in [-0.3, -0.25) is 4.90 Å². The molecule has 0 amide bonds. The van der Waals surface area contributed by atoms with Crippen LogP contribution in [-0.4, -0.2) is 32.3 Å². The van der Waals surface area contributed by atoms with Gasteiger partial charge in [-0.2, -0.15) is 10.4 Å². The molecule has 1 aliphatic heterocycles. The molecule has 1 aliphatic rings. The lowest BCUT2D eigenvalue weighted by molar-refractivity contribution is 0.120. The smallest absolute Gasteiger partial charge is 0.147 e. The Labute approximate surface area is 141 Å². The number of rotatable bonds is 4. The van der Waals surface area contributed by atoms with E-state index in [2.05, 4.69) is 21.1 Å². The average Bonchev–Trinajstić information content (AvgIpc) is 2.88. The molecular formula is C18H22FN5. The molecule has 0 radical (unpaired) electrons. The topological polar surface area (TPSA) is 57.7 Å². The van der Waals surface area contributed by atoms with Crippen LogP contribution in [0.3, 0.4) is 0 Å². The number of aromatic nitrogens is 3. The minimum atomic E-state index is -0.244. The fourth-order valence-corrected chi connectivity index (χ4v) is 3.39. The molecule has 5 nitrogen and oxygen atoms in total. The van der Waals surface area contributed by atoms with Gasteiger partial charge in [0.25, 0.3) is 0 Å². The predicted molar refractivity (Wildman–Crippen MR) is 88.7 cm³/mol. The zero-order valence-corrected chi connectivity index (χ0v) is 14.2. The summed E-state index contributed by atoms with van der Waals surface area (Å²) in [6, 6.07) is 6.96. The first-order valence-corrected chi connectivity index (χ1v) is 8.37. The van der Waals surface area contributed by atoms with Crippen LogP contribution >= 0.6 is 0 Å². The molecule has 0 N–H and O–H groups in total. The molecule has 2 aromatic rings. The van der Waals surface area contributed by atoms with Crippen LogP contribution in [0.25, 0.3) is 0 Å². The van der Waals surface area contributed by atoms with E-state index in [1.165, 1.54) is 18.6 Å². The van der Waals surface area contributed by atoms with E-state index < -0.39 is 0 Å². The molecule has 6 heteroatoms. The molecule has 0 spiro atoms. The lowest BCUT2D eigenvalue weighted by Gasteiger charge is -2.35. The third-order valence-electron chi connectivity index (χ3n) is 4.64. The normalized spacial score (nSPS) is 18.5. The molecule has 126 valence electrons. The summed E-state index contributed by atoms with van der Waals surface area (Å²) >= 11 is 0. The van der Waals surface area contributed by atoms with Crippen LogP contribution in [0.15, 0.2) is 18.2 Å². The number of hydrogen-bond donors (Lipinski definition) is 0. The van der Waals surface area contributed by atoms with Crippen LogP contribution in [0.2, 0.25) is 0 Å². The SMILES string of the molecule is Cc1nc(C)n(C[C@@H]2CCCCN2Cc2cc(C#N)ccc2F)n1. The van der Waals surface area contributed by atoms with Crippen molar-refractivity contribution in [3.63, 3.8) is 0 Å². The first-order valence-electron chi connectivity index (χ1n) is 8.37. The van der Waals surface area contributed by atoms with Gasteiger partial charge in [-0.05, 0) is 51.4 Å². The molecule has 1 aromatic heterocycles. The van der Waals surface area contributed by atoms with Gasteiger partial charge >= 0.3 is 0 Å². The Morgan fingerprint density at radius 2 is 2.17 bits per heavy atom. The molecule has 2 heterocycles. The van der Waals surface area contributed by atoms with Crippen LogP contribution in [0, 0.1) is 31.0 Å². The first-order chi connectivity index (χ1) is 11.6. The third-order valence-corrected chi connectivity index (χ3v) is 4.64. The molecule has 1 fully saturated rings. The van der Waals surface area contributed by atoms with E-state index in [9.17, 15) is 4.39 Å². The molecule has 0 saturated carbocycles. The molecule has 0 unspecified atom stereocenters. The van der Waals surface area contributed by atoms with Crippen molar-refractivity contribution < 1.29 is 4.39 Å². The average molecular weight is 327 g/mol. The minimum Gasteiger partial charge on any atom is -0.294 e. The second-order valence-corrected chi connectivity index (χ2v) is 6.43. The van der Waals surface area contributed by atoms with E-state index in [-0.39, 0.29) is 5.82 Å². The van der Waals surface area contributed by atoms with E-state index in [0.717, 1.165) is 37.6 Å².